The normalized spacial score (nSPS) is 13.8. The molecule has 0 fully saturated rings. The lowest BCUT2D eigenvalue weighted by atomic mass is 9.83. The molecule has 0 N–H and O–H groups in total. The van der Waals surface area contributed by atoms with Gasteiger partial charge >= 0.3 is 0 Å². The number of Topliss-reactive ketones (excluding diaryl/α,β-unsaturated/α-hetero) is 2. The van der Waals surface area contributed by atoms with Gasteiger partial charge in [0.1, 0.15) is 0 Å². The van der Waals surface area contributed by atoms with E-state index in [4.69, 9.17) is 0 Å². The first-order valence-corrected chi connectivity index (χ1v) is 9.85. The van der Waals surface area contributed by atoms with Gasteiger partial charge in [0, 0.05) is 22.3 Å². The molecular weight excluding hydrogens is 344 g/mol. The average molecular weight is 373 g/mol. The topological polar surface area (TPSA) is 34.1 Å². The summed E-state index contributed by atoms with van der Waals surface area (Å²) >= 11 is 0. The van der Waals surface area contributed by atoms with E-state index in [2.05, 4.69) is 0 Å². The predicted molar refractivity (Wildman–Crippen MR) is 115 cm³/mol. The van der Waals surface area contributed by atoms with Gasteiger partial charge in [-0.25, -0.2) is 0 Å². The summed E-state index contributed by atoms with van der Waals surface area (Å²) in [5.74, 6) is -0.0539. The Hall–Kier alpha value is -2.74. The largest absolute Gasteiger partial charge is 0.289 e. The third-order valence-electron chi connectivity index (χ3n) is 5.50. The van der Waals surface area contributed by atoms with E-state index < -0.39 is 0 Å². The van der Waals surface area contributed by atoms with Gasteiger partial charge in [-0.1, -0.05) is 47.5 Å². The van der Waals surface area contributed by atoms with Crippen molar-refractivity contribution in [2.45, 2.75) is 54.4 Å². The Labute approximate surface area is 168 Å². The van der Waals surface area contributed by atoms with Gasteiger partial charge in [-0.3, -0.25) is 9.59 Å². The predicted octanol–water partition coefficient (Wildman–Crippen LogP) is 6.25. The summed E-state index contributed by atoms with van der Waals surface area (Å²) < 4.78 is 0. The summed E-state index contributed by atoms with van der Waals surface area (Å²) in [6.07, 6.45) is 5.23. The lowest BCUT2D eigenvalue weighted by molar-refractivity contribution is 0.0996. The molecule has 0 aliphatic heterocycles. The highest BCUT2D eigenvalue weighted by Gasteiger charge is 2.26. The minimum Gasteiger partial charge on any atom is -0.289 e. The molecule has 3 rings (SSSR count). The van der Waals surface area contributed by atoms with Crippen LogP contribution in [0.2, 0.25) is 0 Å². The smallest absolute Gasteiger partial charge is 0.193 e. The molecule has 2 nitrogen and oxygen atoms in total. The number of hydrogen-bond donors (Lipinski definition) is 0. The zero-order valence-electron chi connectivity index (χ0n) is 17.7. The van der Waals surface area contributed by atoms with Crippen LogP contribution in [-0.4, -0.2) is 11.6 Å². The van der Waals surface area contributed by atoms with E-state index in [0.717, 1.165) is 50.9 Å². The lowest BCUT2D eigenvalue weighted by Crippen LogP contribution is -2.17. The van der Waals surface area contributed by atoms with Crippen molar-refractivity contribution in [3.8, 4) is 0 Å². The Morgan fingerprint density at radius 1 is 0.679 bits per heavy atom. The molecule has 2 aromatic rings. The first kappa shape index (κ1) is 20.0. The van der Waals surface area contributed by atoms with E-state index in [0.29, 0.717) is 17.6 Å². The van der Waals surface area contributed by atoms with E-state index in [1.54, 1.807) is 0 Å². The van der Waals surface area contributed by atoms with Gasteiger partial charge in [-0.05, 0) is 76.6 Å². The Morgan fingerprint density at radius 3 is 1.57 bits per heavy atom. The van der Waals surface area contributed by atoms with Crippen molar-refractivity contribution in [3.05, 3.63) is 92.1 Å². The molecule has 2 heteroatoms. The van der Waals surface area contributed by atoms with Crippen molar-refractivity contribution in [2.75, 3.05) is 0 Å². The molecule has 0 radical (unpaired) electrons. The van der Waals surface area contributed by atoms with E-state index in [1.165, 1.54) is 0 Å². The molecule has 0 heterocycles. The fourth-order valence-corrected chi connectivity index (χ4v) is 4.47. The second-order valence-corrected chi connectivity index (χ2v) is 8.04. The summed E-state index contributed by atoms with van der Waals surface area (Å²) in [4.78, 5) is 26.9. The molecule has 0 aromatic heterocycles. The number of allylic oxidation sites excluding steroid dienone is 4. The molecule has 0 atom stereocenters. The highest BCUT2D eigenvalue weighted by molar-refractivity contribution is 6.20. The molecule has 0 amide bonds. The van der Waals surface area contributed by atoms with Crippen molar-refractivity contribution in [2.24, 2.45) is 0 Å². The maximum atomic E-state index is 13.5. The first-order chi connectivity index (χ1) is 13.2. The zero-order chi connectivity index (χ0) is 20.6. The van der Waals surface area contributed by atoms with Gasteiger partial charge in [0.05, 0.1) is 0 Å². The monoisotopic (exact) mass is 372 g/mol. The Morgan fingerprint density at radius 2 is 1.11 bits per heavy atom. The van der Waals surface area contributed by atoms with Crippen LogP contribution < -0.4 is 0 Å². The van der Waals surface area contributed by atoms with Gasteiger partial charge in [-0.2, -0.15) is 0 Å². The highest BCUT2D eigenvalue weighted by Crippen LogP contribution is 2.30. The number of hydrogen-bond acceptors (Lipinski definition) is 2. The summed E-state index contributed by atoms with van der Waals surface area (Å²) in [7, 11) is 0. The zero-order valence-corrected chi connectivity index (χ0v) is 17.7. The van der Waals surface area contributed by atoms with Crippen molar-refractivity contribution >= 4 is 11.6 Å². The number of benzene rings is 2. The molecule has 0 saturated heterocycles. The highest BCUT2D eigenvalue weighted by atomic mass is 16.1. The SMILES string of the molecule is Cc1cc(C)c(C(=O)C2=C(C(=O)c3c(C)cc(C)cc3C)CCC=C2)c(C)c1. The first-order valence-electron chi connectivity index (χ1n) is 9.85. The standard InChI is InChI=1S/C26H28O2/c1-15-11-17(3)23(18(4)12-15)25(27)21-9-7-8-10-22(21)26(28)24-19(5)13-16(2)14-20(24)6/h7,9,11-14H,8,10H2,1-6H3. The van der Waals surface area contributed by atoms with Crippen molar-refractivity contribution in [3.63, 3.8) is 0 Å². The van der Waals surface area contributed by atoms with Gasteiger partial charge < -0.3 is 0 Å². The Balaban J connectivity index is 2.15. The van der Waals surface area contributed by atoms with Crippen LogP contribution in [0.25, 0.3) is 0 Å². The second-order valence-electron chi connectivity index (χ2n) is 8.04. The fourth-order valence-electron chi connectivity index (χ4n) is 4.47. The van der Waals surface area contributed by atoms with E-state index in [9.17, 15) is 9.59 Å². The molecule has 1 aliphatic carbocycles. The number of carbonyl (C=O) groups is 2. The van der Waals surface area contributed by atoms with Crippen LogP contribution in [-0.2, 0) is 0 Å². The molecule has 0 bridgehead atoms. The van der Waals surface area contributed by atoms with Crippen molar-refractivity contribution in [1.82, 2.24) is 0 Å². The van der Waals surface area contributed by atoms with Crippen molar-refractivity contribution < 1.29 is 9.59 Å². The van der Waals surface area contributed by atoms with Crippen LogP contribution in [0, 0.1) is 41.5 Å². The third kappa shape index (κ3) is 3.64. The van der Waals surface area contributed by atoms with Crippen LogP contribution in [0.15, 0.2) is 47.6 Å². The molecule has 0 saturated carbocycles. The molecule has 28 heavy (non-hydrogen) atoms. The summed E-state index contributed by atoms with van der Waals surface area (Å²) in [5.41, 5.74) is 8.79. The maximum Gasteiger partial charge on any atom is 0.193 e. The van der Waals surface area contributed by atoms with Gasteiger partial charge in [0.25, 0.3) is 0 Å². The van der Waals surface area contributed by atoms with Crippen LogP contribution in [0.4, 0.5) is 0 Å². The lowest BCUT2D eigenvalue weighted by Gasteiger charge is -2.19. The molecule has 2 aromatic carbocycles. The van der Waals surface area contributed by atoms with E-state index in [-0.39, 0.29) is 11.6 Å². The summed E-state index contributed by atoms with van der Waals surface area (Å²) in [6, 6.07) is 8.14. The van der Waals surface area contributed by atoms with Crippen molar-refractivity contribution in [1.29, 1.82) is 0 Å². The fraction of sp³-hybridized carbons (Fsp3) is 0.308. The molecule has 144 valence electrons. The summed E-state index contributed by atoms with van der Waals surface area (Å²) in [5, 5.41) is 0. The van der Waals surface area contributed by atoms with E-state index in [1.807, 2.05) is 78.0 Å². The molecule has 1 aliphatic rings. The Bertz CT molecular complexity index is 1000. The number of aryl methyl sites for hydroxylation is 6. The average Bonchev–Trinajstić information content (AvgIpc) is 2.59. The van der Waals surface area contributed by atoms with E-state index >= 15 is 0 Å². The van der Waals surface area contributed by atoms with Crippen LogP contribution in [0.3, 0.4) is 0 Å². The number of rotatable bonds is 4. The second kappa shape index (κ2) is 7.71. The van der Waals surface area contributed by atoms with Gasteiger partial charge in [-0.15, -0.1) is 0 Å². The summed E-state index contributed by atoms with van der Waals surface area (Å²) in [6.45, 7) is 12.0. The third-order valence-corrected chi connectivity index (χ3v) is 5.50. The van der Waals surface area contributed by atoms with Crippen LogP contribution >= 0.6 is 0 Å². The van der Waals surface area contributed by atoms with Gasteiger partial charge in [0.2, 0.25) is 0 Å². The quantitative estimate of drug-likeness (QED) is 0.595. The maximum absolute atomic E-state index is 13.5. The van der Waals surface area contributed by atoms with Crippen LogP contribution in [0.5, 0.6) is 0 Å². The molecule has 0 spiro atoms. The van der Waals surface area contributed by atoms with Crippen LogP contribution in [0.1, 0.15) is 66.9 Å². The number of carbonyl (C=O) groups excluding carboxylic acids is 2. The molecular formula is C26H28O2. The number of ketones is 2. The minimum atomic E-state index is -0.0447. The minimum absolute atomic E-state index is 0.00915. The Kier molecular flexibility index (Phi) is 5.51. The van der Waals surface area contributed by atoms with Gasteiger partial charge in [0.15, 0.2) is 11.6 Å². The molecule has 0 unspecified atom stereocenters.